The van der Waals surface area contributed by atoms with Crippen LogP contribution < -0.4 is 5.32 Å². The lowest BCUT2D eigenvalue weighted by atomic mass is 9.84. The first-order chi connectivity index (χ1) is 8.36. The number of rotatable bonds is 2. The number of hydrogen-bond donors (Lipinski definition) is 1. The molecule has 1 saturated carbocycles. The number of imidazole rings is 1. The molecule has 3 rings (SSSR count). The molecule has 0 bridgehead atoms. The van der Waals surface area contributed by atoms with Gasteiger partial charge in [0.25, 0.3) is 0 Å². The maximum absolute atomic E-state index is 4.57. The van der Waals surface area contributed by atoms with Gasteiger partial charge in [0.05, 0.1) is 12.0 Å². The van der Waals surface area contributed by atoms with Gasteiger partial charge in [-0.05, 0) is 25.7 Å². The van der Waals surface area contributed by atoms with Crippen molar-refractivity contribution in [3.05, 3.63) is 17.7 Å². The molecule has 0 saturated heterocycles. The van der Waals surface area contributed by atoms with Crippen molar-refractivity contribution >= 4 is 0 Å². The van der Waals surface area contributed by atoms with Gasteiger partial charge in [0.1, 0.15) is 0 Å². The van der Waals surface area contributed by atoms with Crippen LogP contribution in [0.2, 0.25) is 0 Å². The SMILES string of the molecule is CC(C1CCCCC1)n1cnc2c1CCNC2. The van der Waals surface area contributed by atoms with Gasteiger partial charge < -0.3 is 9.88 Å². The van der Waals surface area contributed by atoms with Gasteiger partial charge in [-0.25, -0.2) is 4.98 Å². The lowest BCUT2D eigenvalue weighted by molar-refractivity contribution is 0.259. The van der Waals surface area contributed by atoms with Crippen molar-refractivity contribution in [1.29, 1.82) is 0 Å². The van der Waals surface area contributed by atoms with Gasteiger partial charge in [0.2, 0.25) is 0 Å². The van der Waals surface area contributed by atoms with Crippen LogP contribution in [0.5, 0.6) is 0 Å². The van der Waals surface area contributed by atoms with Crippen molar-refractivity contribution < 1.29 is 0 Å². The highest BCUT2D eigenvalue weighted by Gasteiger charge is 2.24. The van der Waals surface area contributed by atoms with Gasteiger partial charge in [-0.1, -0.05) is 19.3 Å². The number of nitrogens with zero attached hydrogens (tertiary/aromatic N) is 2. The predicted molar refractivity (Wildman–Crippen MR) is 68.9 cm³/mol. The highest BCUT2D eigenvalue weighted by atomic mass is 15.1. The molecular weight excluding hydrogens is 210 g/mol. The summed E-state index contributed by atoms with van der Waals surface area (Å²) in [5.41, 5.74) is 2.76. The summed E-state index contributed by atoms with van der Waals surface area (Å²) in [7, 11) is 0. The Morgan fingerprint density at radius 2 is 2.18 bits per heavy atom. The van der Waals surface area contributed by atoms with Crippen molar-refractivity contribution in [1.82, 2.24) is 14.9 Å². The molecule has 0 radical (unpaired) electrons. The zero-order valence-corrected chi connectivity index (χ0v) is 10.8. The maximum Gasteiger partial charge on any atom is 0.0954 e. The quantitative estimate of drug-likeness (QED) is 0.851. The van der Waals surface area contributed by atoms with Crippen LogP contribution in [0.4, 0.5) is 0 Å². The van der Waals surface area contributed by atoms with Crippen molar-refractivity contribution in [2.75, 3.05) is 6.54 Å². The van der Waals surface area contributed by atoms with Crippen LogP contribution in [-0.2, 0) is 13.0 Å². The number of hydrogen-bond acceptors (Lipinski definition) is 2. The van der Waals surface area contributed by atoms with Gasteiger partial charge in [0, 0.05) is 31.2 Å². The molecule has 0 aromatic carbocycles. The Bertz CT molecular complexity index is 377. The minimum Gasteiger partial charge on any atom is -0.331 e. The van der Waals surface area contributed by atoms with Crippen LogP contribution in [0.15, 0.2) is 6.33 Å². The Morgan fingerprint density at radius 1 is 1.35 bits per heavy atom. The van der Waals surface area contributed by atoms with E-state index < -0.39 is 0 Å². The molecule has 3 nitrogen and oxygen atoms in total. The van der Waals surface area contributed by atoms with Gasteiger partial charge in [-0.3, -0.25) is 0 Å². The predicted octanol–water partition coefficient (Wildman–Crippen LogP) is 2.67. The Labute approximate surface area is 104 Å². The van der Waals surface area contributed by atoms with Crippen molar-refractivity contribution in [3.8, 4) is 0 Å². The zero-order chi connectivity index (χ0) is 11.7. The Kier molecular flexibility index (Phi) is 3.19. The molecule has 94 valence electrons. The van der Waals surface area contributed by atoms with Crippen LogP contribution in [0.3, 0.4) is 0 Å². The summed E-state index contributed by atoms with van der Waals surface area (Å²) in [4.78, 5) is 4.57. The van der Waals surface area contributed by atoms with E-state index in [9.17, 15) is 0 Å². The first kappa shape index (κ1) is 11.3. The lowest BCUT2D eigenvalue weighted by Gasteiger charge is -2.30. The van der Waals surface area contributed by atoms with Crippen LogP contribution in [-0.4, -0.2) is 16.1 Å². The van der Waals surface area contributed by atoms with E-state index in [1.807, 2.05) is 0 Å². The first-order valence-electron chi connectivity index (χ1n) is 7.11. The molecule has 0 amide bonds. The fourth-order valence-corrected chi connectivity index (χ4v) is 3.45. The van der Waals surface area contributed by atoms with Crippen molar-refractivity contribution in [2.45, 2.75) is 58.0 Å². The molecule has 1 aromatic rings. The minimum atomic E-state index is 0.643. The largest absolute Gasteiger partial charge is 0.331 e. The van der Waals surface area contributed by atoms with Gasteiger partial charge in [-0.2, -0.15) is 0 Å². The van der Waals surface area contributed by atoms with E-state index >= 15 is 0 Å². The minimum absolute atomic E-state index is 0.643. The van der Waals surface area contributed by atoms with E-state index in [4.69, 9.17) is 0 Å². The fourth-order valence-electron chi connectivity index (χ4n) is 3.45. The van der Waals surface area contributed by atoms with Crippen LogP contribution in [0.1, 0.15) is 56.5 Å². The lowest BCUT2D eigenvalue weighted by Crippen LogP contribution is -2.27. The summed E-state index contributed by atoms with van der Waals surface area (Å²) in [6.45, 7) is 4.45. The second-order valence-corrected chi connectivity index (χ2v) is 5.61. The van der Waals surface area contributed by atoms with Gasteiger partial charge in [0.15, 0.2) is 0 Å². The average molecular weight is 233 g/mol. The Hall–Kier alpha value is -0.830. The molecule has 1 N–H and O–H groups in total. The standard InChI is InChI=1S/C14H23N3/c1-11(12-5-3-2-4-6-12)17-10-16-13-9-15-8-7-14(13)17/h10-12,15H,2-9H2,1H3. The van der Waals surface area contributed by atoms with E-state index in [1.165, 1.54) is 43.5 Å². The zero-order valence-electron chi connectivity index (χ0n) is 10.8. The summed E-state index contributed by atoms with van der Waals surface area (Å²) in [5, 5.41) is 3.40. The third-order valence-corrected chi connectivity index (χ3v) is 4.58. The Morgan fingerprint density at radius 3 is 3.00 bits per heavy atom. The van der Waals surface area contributed by atoms with Crippen LogP contribution >= 0.6 is 0 Å². The average Bonchev–Trinajstić information content (AvgIpc) is 2.83. The molecule has 2 heterocycles. The van der Waals surface area contributed by atoms with E-state index in [0.29, 0.717) is 6.04 Å². The van der Waals surface area contributed by atoms with Gasteiger partial charge >= 0.3 is 0 Å². The molecule has 2 aliphatic rings. The number of nitrogens with one attached hydrogen (secondary N) is 1. The smallest absolute Gasteiger partial charge is 0.0954 e. The highest BCUT2D eigenvalue weighted by molar-refractivity contribution is 5.17. The van der Waals surface area contributed by atoms with E-state index in [0.717, 1.165) is 25.4 Å². The fraction of sp³-hybridized carbons (Fsp3) is 0.786. The molecule has 3 heteroatoms. The summed E-state index contributed by atoms with van der Waals surface area (Å²) >= 11 is 0. The molecule has 1 unspecified atom stereocenters. The third kappa shape index (κ3) is 2.13. The van der Waals surface area contributed by atoms with Crippen LogP contribution in [0.25, 0.3) is 0 Å². The monoisotopic (exact) mass is 233 g/mol. The van der Waals surface area contributed by atoms with Crippen molar-refractivity contribution in [3.63, 3.8) is 0 Å². The normalized spacial score (nSPS) is 23.4. The molecule has 1 atom stereocenters. The molecule has 17 heavy (non-hydrogen) atoms. The van der Waals surface area contributed by atoms with Gasteiger partial charge in [-0.15, -0.1) is 0 Å². The summed E-state index contributed by atoms with van der Waals surface area (Å²) in [6.07, 6.45) is 10.3. The topological polar surface area (TPSA) is 29.9 Å². The number of aromatic nitrogens is 2. The van der Waals surface area contributed by atoms with E-state index in [2.05, 4.69) is 28.1 Å². The molecule has 1 fully saturated rings. The highest BCUT2D eigenvalue weighted by Crippen LogP contribution is 2.33. The summed E-state index contributed by atoms with van der Waals surface area (Å²) in [6, 6.07) is 0.643. The first-order valence-corrected chi connectivity index (χ1v) is 7.11. The second-order valence-electron chi connectivity index (χ2n) is 5.61. The van der Waals surface area contributed by atoms with Crippen LogP contribution in [0, 0.1) is 5.92 Å². The Balaban J connectivity index is 1.80. The molecule has 1 aromatic heterocycles. The summed E-state index contributed by atoms with van der Waals surface area (Å²) < 4.78 is 2.46. The molecule has 1 aliphatic heterocycles. The summed E-state index contributed by atoms with van der Waals surface area (Å²) in [5.74, 6) is 0.872. The third-order valence-electron chi connectivity index (χ3n) is 4.58. The van der Waals surface area contributed by atoms with E-state index in [-0.39, 0.29) is 0 Å². The molecule has 0 spiro atoms. The second kappa shape index (κ2) is 4.81. The number of fused-ring (bicyclic) bond motifs is 1. The maximum atomic E-state index is 4.57. The molecular formula is C14H23N3. The van der Waals surface area contributed by atoms with E-state index in [1.54, 1.807) is 0 Å². The molecule has 1 aliphatic carbocycles. The van der Waals surface area contributed by atoms with Crippen molar-refractivity contribution in [2.24, 2.45) is 5.92 Å².